The van der Waals surface area contributed by atoms with E-state index in [1.165, 1.54) is 33.2 Å². The largest absolute Gasteiger partial charge is 0.359 e. The standard InChI is InChI=1S/C27H28N2O/c1-17-3-5-20-14-21-9-10-25(2)22(18-4-7-23-19(13-18)16-28-29-23)6-8-24(25)27(21)12-11-26(20,15-17)30-27/h4,6-7,9,13-14,16,24H,1,3,5,8,10-12,15H2,2H3,(H,28,29)/t24-,25?,26-,27?/m1/s1. The van der Waals surface area contributed by atoms with Gasteiger partial charge in [0, 0.05) is 23.1 Å². The van der Waals surface area contributed by atoms with Crippen LogP contribution in [0.3, 0.4) is 0 Å². The number of allylic oxidation sites excluding steroid dienone is 3. The summed E-state index contributed by atoms with van der Waals surface area (Å²) in [6.07, 6.45) is 17.3. The van der Waals surface area contributed by atoms with Gasteiger partial charge in [0.25, 0.3) is 0 Å². The van der Waals surface area contributed by atoms with Crippen LogP contribution in [0.4, 0.5) is 0 Å². The monoisotopic (exact) mass is 396 g/mol. The van der Waals surface area contributed by atoms with Crippen LogP contribution in [0.5, 0.6) is 0 Å². The van der Waals surface area contributed by atoms with Crippen molar-refractivity contribution in [1.29, 1.82) is 0 Å². The highest BCUT2D eigenvalue weighted by Crippen LogP contribution is 2.67. The third kappa shape index (κ3) is 1.98. The quantitative estimate of drug-likeness (QED) is 0.577. The molecule has 2 unspecified atom stereocenters. The van der Waals surface area contributed by atoms with E-state index in [0.29, 0.717) is 5.92 Å². The van der Waals surface area contributed by atoms with Crippen LogP contribution in [0.1, 0.15) is 57.4 Å². The first-order valence-corrected chi connectivity index (χ1v) is 11.5. The first-order valence-electron chi connectivity index (χ1n) is 11.5. The third-order valence-electron chi connectivity index (χ3n) is 8.97. The molecule has 1 aromatic heterocycles. The van der Waals surface area contributed by atoms with Crippen LogP contribution >= 0.6 is 0 Å². The average Bonchev–Trinajstić information content (AvgIpc) is 3.41. The van der Waals surface area contributed by atoms with Gasteiger partial charge < -0.3 is 4.74 Å². The summed E-state index contributed by atoms with van der Waals surface area (Å²) in [5.74, 6) is 0.507. The number of nitrogens with one attached hydrogen (secondary N) is 1. The molecular weight excluding hydrogens is 368 g/mol. The van der Waals surface area contributed by atoms with Crippen LogP contribution in [0.25, 0.3) is 16.5 Å². The molecule has 2 aliphatic heterocycles. The Morgan fingerprint density at radius 2 is 2.13 bits per heavy atom. The van der Waals surface area contributed by atoms with Crippen LogP contribution in [0.2, 0.25) is 0 Å². The number of rotatable bonds is 1. The number of nitrogens with zero attached hydrogens (tertiary/aromatic N) is 1. The van der Waals surface area contributed by atoms with E-state index in [1.54, 1.807) is 0 Å². The molecule has 2 bridgehead atoms. The van der Waals surface area contributed by atoms with Crippen LogP contribution in [0, 0.1) is 11.3 Å². The third-order valence-corrected chi connectivity index (χ3v) is 8.97. The van der Waals surface area contributed by atoms with Gasteiger partial charge in [-0.05, 0) is 72.9 Å². The van der Waals surface area contributed by atoms with Gasteiger partial charge in [0.05, 0.1) is 22.9 Å². The van der Waals surface area contributed by atoms with E-state index in [4.69, 9.17) is 4.74 Å². The zero-order valence-electron chi connectivity index (χ0n) is 17.6. The molecule has 2 aromatic rings. The van der Waals surface area contributed by atoms with Crippen molar-refractivity contribution in [3.05, 3.63) is 71.5 Å². The zero-order chi connectivity index (χ0) is 20.1. The molecule has 5 aliphatic rings. The van der Waals surface area contributed by atoms with Gasteiger partial charge in [0.1, 0.15) is 0 Å². The molecule has 1 N–H and O–H groups in total. The number of ether oxygens (including phenoxy) is 1. The van der Waals surface area contributed by atoms with E-state index in [9.17, 15) is 0 Å². The lowest BCUT2D eigenvalue weighted by Gasteiger charge is -2.53. The second-order valence-corrected chi connectivity index (χ2v) is 10.4. The van der Waals surface area contributed by atoms with E-state index >= 15 is 0 Å². The van der Waals surface area contributed by atoms with Gasteiger partial charge in [0.15, 0.2) is 0 Å². The molecule has 3 heterocycles. The molecule has 3 nitrogen and oxygen atoms in total. The molecule has 4 atom stereocenters. The van der Waals surface area contributed by atoms with Crippen molar-refractivity contribution in [1.82, 2.24) is 10.2 Å². The second kappa shape index (κ2) is 5.45. The Hall–Kier alpha value is -2.39. The van der Waals surface area contributed by atoms with E-state index in [0.717, 1.165) is 50.5 Å². The molecule has 1 saturated carbocycles. The molecule has 2 fully saturated rings. The van der Waals surface area contributed by atoms with Crippen molar-refractivity contribution in [2.24, 2.45) is 11.3 Å². The molecular formula is C27H28N2O. The molecule has 1 saturated heterocycles. The van der Waals surface area contributed by atoms with Gasteiger partial charge in [-0.15, -0.1) is 0 Å². The van der Waals surface area contributed by atoms with Crippen LogP contribution in [-0.4, -0.2) is 21.4 Å². The maximum absolute atomic E-state index is 7.23. The van der Waals surface area contributed by atoms with Crippen molar-refractivity contribution in [2.75, 3.05) is 0 Å². The summed E-state index contributed by atoms with van der Waals surface area (Å²) in [6, 6.07) is 6.73. The summed E-state index contributed by atoms with van der Waals surface area (Å²) >= 11 is 0. The predicted molar refractivity (Wildman–Crippen MR) is 120 cm³/mol. The lowest BCUT2D eigenvalue weighted by molar-refractivity contribution is -0.123. The minimum atomic E-state index is -0.119. The van der Waals surface area contributed by atoms with Gasteiger partial charge in [-0.1, -0.05) is 43.4 Å². The predicted octanol–water partition coefficient (Wildman–Crippen LogP) is 6.27. The maximum atomic E-state index is 7.23. The van der Waals surface area contributed by atoms with Gasteiger partial charge in [-0.3, -0.25) is 5.10 Å². The highest BCUT2D eigenvalue weighted by atomic mass is 16.5. The Kier molecular flexibility index (Phi) is 3.14. The molecule has 7 rings (SSSR count). The number of fused-ring (bicyclic) bond motifs is 2. The smallest absolute Gasteiger partial charge is 0.0981 e. The highest BCUT2D eigenvalue weighted by Gasteiger charge is 2.64. The van der Waals surface area contributed by atoms with Gasteiger partial charge in [-0.2, -0.15) is 5.10 Å². The Balaban J connectivity index is 1.33. The number of benzene rings is 1. The lowest BCUT2D eigenvalue weighted by Crippen LogP contribution is -2.53. The van der Waals surface area contributed by atoms with Crippen molar-refractivity contribution in [3.8, 4) is 0 Å². The van der Waals surface area contributed by atoms with E-state index in [-0.39, 0.29) is 16.6 Å². The first-order chi connectivity index (χ1) is 14.5. The van der Waals surface area contributed by atoms with Crippen molar-refractivity contribution >= 4 is 16.5 Å². The molecule has 30 heavy (non-hydrogen) atoms. The van der Waals surface area contributed by atoms with Gasteiger partial charge >= 0.3 is 0 Å². The van der Waals surface area contributed by atoms with Crippen molar-refractivity contribution in [2.45, 2.75) is 63.1 Å². The summed E-state index contributed by atoms with van der Waals surface area (Å²) in [5, 5.41) is 8.47. The fraction of sp³-hybridized carbons (Fsp3) is 0.444. The number of H-pyrrole nitrogens is 1. The lowest BCUT2D eigenvalue weighted by atomic mass is 9.58. The van der Waals surface area contributed by atoms with E-state index < -0.39 is 0 Å². The molecule has 0 amide bonds. The Morgan fingerprint density at radius 3 is 3.07 bits per heavy atom. The minimum Gasteiger partial charge on any atom is -0.359 e. The second-order valence-electron chi connectivity index (χ2n) is 10.4. The molecule has 152 valence electrons. The molecule has 3 heteroatoms. The highest BCUT2D eigenvalue weighted by molar-refractivity contribution is 5.85. The van der Waals surface area contributed by atoms with Crippen molar-refractivity contribution < 1.29 is 4.74 Å². The number of hydrogen-bond donors (Lipinski definition) is 1. The number of hydrogen-bond acceptors (Lipinski definition) is 2. The number of aromatic nitrogens is 2. The zero-order valence-corrected chi connectivity index (χ0v) is 17.6. The molecule has 0 radical (unpaired) electrons. The molecule has 1 aromatic carbocycles. The number of aromatic amines is 1. The SMILES string of the molecule is C=C1CCC2=CC3=CCC4(C)C(c5ccc6[nH]ncc6c5)=CC[C@H]4C34CC[C@]2(C1)O4. The summed E-state index contributed by atoms with van der Waals surface area (Å²) in [4.78, 5) is 0. The topological polar surface area (TPSA) is 37.9 Å². The fourth-order valence-electron chi connectivity index (χ4n) is 7.48. The normalized spacial score (nSPS) is 39.2. The maximum Gasteiger partial charge on any atom is 0.0981 e. The molecule has 3 aliphatic carbocycles. The van der Waals surface area contributed by atoms with Gasteiger partial charge in [0.2, 0.25) is 0 Å². The minimum absolute atomic E-state index is 0.0661. The van der Waals surface area contributed by atoms with E-state index in [1.807, 2.05) is 6.20 Å². The summed E-state index contributed by atoms with van der Waals surface area (Å²) in [6.45, 7) is 6.81. The Morgan fingerprint density at radius 1 is 1.20 bits per heavy atom. The molecule has 2 spiro atoms. The Labute approximate surface area is 177 Å². The average molecular weight is 397 g/mol. The van der Waals surface area contributed by atoms with Crippen LogP contribution in [0.15, 0.2) is 65.9 Å². The Bertz CT molecular complexity index is 1210. The first kappa shape index (κ1) is 17.3. The summed E-state index contributed by atoms with van der Waals surface area (Å²) < 4.78 is 7.23. The fourth-order valence-corrected chi connectivity index (χ4v) is 7.48. The van der Waals surface area contributed by atoms with E-state index in [2.05, 4.69) is 60.1 Å². The van der Waals surface area contributed by atoms with Crippen LogP contribution < -0.4 is 0 Å². The van der Waals surface area contributed by atoms with Crippen molar-refractivity contribution in [3.63, 3.8) is 0 Å². The van der Waals surface area contributed by atoms with Crippen LogP contribution in [-0.2, 0) is 4.74 Å². The summed E-state index contributed by atoms with van der Waals surface area (Å²) in [7, 11) is 0. The summed E-state index contributed by atoms with van der Waals surface area (Å²) in [5.41, 5.74) is 8.25. The van der Waals surface area contributed by atoms with Gasteiger partial charge in [-0.25, -0.2) is 0 Å².